The number of imide groups is 1. The quantitative estimate of drug-likeness (QED) is 0.503. The highest BCUT2D eigenvalue weighted by atomic mass is 16.7. The Balaban J connectivity index is 1.86. The van der Waals surface area contributed by atoms with Crippen molar-refractivity contribution in [3.05, 3.63) is 24.3 Å². The largest absolute Gasteiger partial charge is 0.492 e. The van der Waals surface area contributed by atoms with Crippen molar-refractivity contribution in [2.45, 2.75) is 52.5 Å². The highest BCUT2D eigenvalue weighted by molar-refractivity contribution is 6.13. The fourth-order valence-corrected chi connectivity index (χ4v) is 3.63. The molecule has 0 unspecified atom stereocenters. The van der Waals surface area contributed by atoms with E-state index in [1.807, 2.05) is 13.8 Å². The highest BCUT2D eigenvalue weighted by Gasteiger charge is 2.33. The van der Waals surface area contributed by atoms with Crippen LogP contribution in [0.3, 0.4) is 0 Å². The van der Waals surface area contributed by atoms with Gasteiger partial charge in [0.05, 0.1) is 6.42 Å². The van der Waals surface area contributed by atoms with Crippen LogP contribution in [0, 0.1) is 5.41 Å². The Bertz CT molecular complexity index is 845. The molecule has 1 aromatic heterocycles. The lowest BCUT2D eigenvalue weighted by atomic mass is 9.77. The minimum absolute atomic E-state index is 0.00778. The molecule has 0 bridgehead atoms. The molecule has 0 aromatic carbocycles. The Morgan fingerprint density at radius 1 is 1.03 bits per heavy atom. The Morgan fingerprint density at radius 2 is 1.57 bits per heavy atom. The van der Waals surface area contributed by atoms with Gasteiger partial charge in [0.15, 0.2) is 0 Å². The predicted octanol–water partition coefficient (Wildman–Crippen LogP) is 0.871. The zero-order valence-corrected chi connectivity index (χ0v) is 17.5. The van der Waals surface area contributed by atoms with Crippen molar-refractivity contribution in [3.8, 4) is 11.8 Å². The van der Waals surface area contributed by atoms with Crippen molar-refractivity contribution in [2.75, 3.05) is 6.54 Å². The van der Waals surface area contributed by atoms with Crippen molar-refractivity contribution < 1.29 is 34.2 Å². The molecule has 10 nitrogen and oxygen atoms in total. The van der Waals surface area contributed by atoms with E-state index in [1.54, 1.807) is 13.8 Å². The van der Waals surface area contributed by atoms with Gasteiger partial charge in [-0.1, -0.05) is 13.8 Å². The normalized spacial score (nSPS) is 14.3. The summed E-state index contributed by atoms with van der Waals surface area (Å²) in [7, 11) is 0. The Labute approximate surface area is 174 Å². The molecule has 0 aliphatic carbocycles. The number of aromatic hydroxyl groups is 2. The minimum Gasteiger partial charge on any atom is -0.492 e. The molecule has 1 aliphatic rings. The van der Waals surface area contributed by atoms with E-state index in [-0.39, 0.29) is 25.3 Å². The number of nitrogens with one attached hydrogen (secondary N) is 1. The Kier molecular flexibility index (Phi) is 6.59. The molecule has 30 heavy (non-hydrogen) atoms. The molecule has 10 heteroatoms. The van der Waals surface area contributed by atoms with Crippen LogP contribution in [0.25, 0.3) is 0 Å². The van der Waals surface area contributed by atoms with E-state index in [0.717, 1.165) is 4.90 Å². The van der Waals surface area contributed by atoms with Crippen molar-refractivity contribution in [1.29, 1.82) is 0 Å². The lowest BCUT2D eigenvalue weighted by molar-refractivity contribution is -0.148. The first-order chi connectivity index (χ1) is 13.8. The van der Waals surface area contributed by atoms with Gasteiger partial charge >= 0.3 is 5.97 Å². The standard InChI is InChI=1S/C20H27N3O7/c1-19(2,11-18(29)30-23-16(27)7-8-17(23)28)12-20(3,4)21-13(24)9-10-22-14(25)5-6-15(22)26/h5-8,27-28H,9-12H2,1-4H3,(H,21,24). The van der Waals surface area contributed by atoms with Crippen LogP contribution in [0.1, 0.15) is 47.0 Å². The topological polar surface area (TPSA) is 138 Å². The minimum atomic E-state index is -0.685. The Morgan fingerprint density at radius 3 is 2.10 bits per heavy atom. The molecule has 0 radical (unpaired) electrons. The van der Waals surface area contributed by atoms with Gasteiger partial charge in [0.2, 0.25) is 17.7 Å². The molecule has 0 fully saturated rings. The van der Waals surface area contributed by atoms with Crippen LogP contribution in [0.5, 0.6) is 11.8 Å². The van der Waals surface area contributed by atoms with Crippen LogP contribution < -0.4 is 10.2 Å². The van der Waals surface area contributed by atoms with Gasteiger partial charge in [-0.3, -0.25) is 19.3 Å². The lowest BCUT2D eigenvalue weighted by Crippen LogP contribution is -2.47. The number of hydrogen-bond donors (Lipinski definition) is 3. The maximum atomic E-state index is 12.3. The molecule has 0 saturated heterocycles. The SMILES string of the molecule is CC(C)(CC(=O)On1c(O)ccc1O)CC(C)(C)NC(=O)CCN1C(=O)C=CC1=O. The third-order valence-corrected chi connectivity index (χ3v) is 4.47. The predicted molar refractivity (Wildman–Crippen MR) is 105 cm³/mol. The van der Waals surface area contributed by atoms with Gasteiger partial charge in [0.1, 0.15) is 0 Å². The van der Waals surface area contributed by atoms with Crippen LogP contribution in [0.2, 0.25) is 0 Å². The van der Waals surface area contributed by atoms with Crippen molar-refractivity contribution in [3.63, 3.8) is 0 Å². The van der Waals surface area contributed by atoms with Crippen LogP contribution >= 0.6 is 0 Å². The molecule has 0 saturated carbocycles. The van der Waals surface area contributed by atoms with Crippen molar-refractivity contribution in [1.82, 2.24) is 14.9 Å². The molecular weight excluding hydrogens is 394 g/mol. The third-order valence-electron chi connectivity index (χ3n) is 4.47. The average molecular weight is 421 g/mol. The molecule has 164 valence electrons. The zero-order chi connectivity index (χ0) is 22.7. The molecule has 2 heterocycles. The summed E-state index contributed by atoms with van der Waals surface area (Å²) in [4.78, 5) is 53.6. The number of amides is 3. The average Bonchev–Trinajstić information content (AvgIpc) is 3.06. The first-order valence-electron chi connectivity index (χ1n) is 9.45. The lowest BCUT2D eigenvalue weighted by Gasteiger charge is -2.35. The molecule has 3 amide bonds. The monoisotopic (exact) mass is 421 g/mol. The van der Waals surface area contributed by atoms with Gasteiger partial charge in [-0.05, 0) is 25.7 Å². The summed E-state index contributed by atoms with van der Waals surface area (Å²) in [5.41, 5.74) is -1.27. The second-order valence-electron chi connectivity index (χ2n) is 8.67. The van der Waals surface area contributed by atoms with Gasteiger partial charge in [-0.25, -0.2) is 4.79 Å². The number of carbonyl (C=O) groups is 4. The molecule has 1 aromatic rings. The van der Waals surface area contributed by atoms with E-state index in [0.29, 0.717) is 11.2 Å². The maximum Gasteiger partial charge on any atom is 0.333 e. The number of rotatable bonds is 9. The van der Waals surface area contributed by atoms with Gasteiger partial charge < -0.3 is 20.4 Å². The van der Waals surface area contributed by atoms with E-state index >= 15 is 0 Å². The number of carbonyl (C=O) groups excluding carboxylic acids is 4. The first kappa shape index (κ1) is 23.0. The van der Waals surface area contributed by atoms with E-state index in [4.69, 9.17) is 4.84 Å². The van der Waals surface area contributed by atoms with E-state index in [1.165, 1.54) is 24.3 Å². The molecular formula is C20H27N3O7. The Hall–Kier alpha value is -3.30. The summed E-state index contributed by atoms with van der Waals surface area (Å²) in [6.45, 7) is 7.24. The van der Waals surface area contributed by atoms with Gasteiger partial charge in [-0.15, -0.1) is 4.73 Å². The smallest absolute Gasteiger partial charge is 0.333 e. The second kappa shape index (κ2) is 8.60. The fraction of sp³-hybridized carbons (Fsp3) is 0.500. The molecule has 0 spiro atoms. The summed E-state index contributed by atoms with van der Waals surface area (Å²) in [5.74, 6) is -2.68. The molecule has 1 aliphatic heterocycles. The molecule has 3 N–H and O–H groups in total. The van der Waals surface area contributed by atoms with E-state index in [9.17, 15) is 29.4 Å². The summed E-state index contributed by atoms with van der Waals surface area (Å²) in [5, 5.41) is 22.0. The number of nitrogens with zero attached hydrogens (tertiary/aromatic N) is 2. The molecule has 2 rings (SSSR count). The van der Waals surface area contributed by atoms with Gasteiger partial charge in [0, 0.05) is 42.8 Å². The number of aromatic nitrogens is 1. The summed E-state index contributed by atoms with van der Waals surface area (Å²) >= 11 is 0. The van der Waals surface area contributed by atoms with E-state index in [2.05, 4.69) is 5.32 Å². The highest BCUT2D eigenvalue weighted by Crippen LogP contribution is 2.32. The second-order valence-corrected chi connectivity index (χ2v) is 8.67. The van der Waals surface area contributed by atoms with Crippen molar-refractivity contribution in [2.24, 2.45) is 5.41 Å². The van der Waals surface area contributed by atoms with Crippen LogP contribution in [0.4, 0.5) is 0 Å². The summed E-state index contributed by atoms with van der Waals surface area (Å²) < 4.78 is 0.626. The first-order valence-corrected chi connectivity index (χ1v) is 9.45. The summed E-state index contributed by atoms with van der Waals surface area (Å²) in [6, 6.07) is 2.37. The van der Waals surface area contributed by atoms with Gasteiger partial charge in [0.25, 0.3) is 11.8 Å². The van der Waals surface area contributed by atoms with Crippen LogP contribution in [-0.4, -0.2) is 55.6 Å². The molecule has 0 atom stereocenters. The zero-order valence-electron chi connectivity index (χ0n) is 17.5. The van der Waals surface area contributed by atoms with Crippen molar-refractivity contribution >= 4 is 23.7 Å². The van der Waals surface area contributed by atoms with E-state index < -0.39 is 40.5 Å². The maximum absolute atomic E-state index is 12.3. The van der Waals surface area contributed by atoms with Crippen LogP contribution in [-0.2, 0) is 19.2 Å². The number of hydrogen-bond acceptors (Lipinski definition) is 7. The third kappa shape index (κ3) is 6.10. The van der Waals surface area contributed by atoms with Crippen LogP contribution in [0.15, 0.2) is 24.3 Å². The van der Waals surface area contributed by atoms with Gasteiger partial charge in [-0.2, -0.15) is 0 Å². The summed E-state index contributed by atoms with van der Waals surface area (Å²) in [6.07, 6.45) is 2.68. The fourth-order valence-electron chi connectivity index (χ4n) is 3.63.